The predicted octanol–water partition coefficient (Wildman–Crippen LogP) is 3.28. The van der Waals surface area contributed by atoms with Crippen LogP contribution in [0.2, 0.25) is 0 Å². The van der Waals surface area contributed by atoms with Gasteiger partial charge in [0.05, 0.1) is 0 Å². The monoisotopic (exact) mass is 258 g/mol. The molecule has 0 bridgehead atoms. The van der Waals surface area contributed by atoms with Crippen molar-refractivity contribution in [1.29, 1.82) is 0 Å². The molecule has 3 rings (SSSR count). The van der Waals surface area contributed by atoms with Crippen LogP contribution in [0.3, 0.4) is 0 Å². The summed E-state index contributed by atoms with van der Waals surface area (Å²) >= 11 is 0. The molecular weight excluding hydrogens is 232 g/mol. The molecule has 2 aliphatic rings. The van der Waals surface area contributed by atoms with Gasteiger partial charge < -0.3 is 10.2 Å². The van der Waals surface area contributed by atoms with Crippen LogP contribution in [0.25, 0.3) is 0 Å². The normalized spacial score (nSPS) is 20.2. The average Bonchev–Trinajstić information content (AvgIpc) is 3.21. The number of hydrogen-bond donors (Lipinski definition) is 1. The minimum Gasteiger partial charge on any atom is -0.369 e. The van der Waals surface area contributed by atoms with E-state index < -0.39 is 0 Å². The van der Waals surface area contributed by atoms with Crippen molar-refractivity contribution < 1.29 is 0 Å². The molecule has 19 heavy (non-hydrogen) atoms. The number of fused-ring (bicyclic) bond motifs is 1. The molecule has 1 saturated carbocycles. The Morgan fingerprint density at radius 2 is 2.21 bits per heavy atom. The molecule has 0 aromatic heterocycles. The number of nitrogens with zero attached hydrogens (tertiary/aromatic N) is 1. The standard InChI is InChI=1S/C17H26N2/c1-13-5-8-17-15(12-13)4-3-11-19(17)14(2)9-10-18-16-6-7-16/h5,8,12,14,16,18H,3-4,6-7,9-11H2,1-2H3. The minimum atomic E-state index is 0.646. The fraction of sp³-hybridized carbons (Fsp3) is 0.647. The number of benzene rings is 1. The fourth-order valence-corrected chi connectivity index (χ4v) is 3.15. The lowest BCUT2D eigenvalue weighted by Gasteiger charge is -2.36. The van der Waals surface area contributed by atoms with Gasteiger partial charge in [0.25, 0.3) is 0 Å². The molecule has 1 aliphatic carbocycles. The molecule has 2 heteroatoms. The lowest BCUT2D eigenvalue weighted by atomic mass is 9.97. The van der Waals surface area contributed by atoms with Gasteiger partial charge in [-0.3, -0.25) is 0 Å². The van der Waals surface area contributed by atoms with Crippen molar-refractivity contribution in [1.82, 2.24) is 5.32 Å². The first-order valence-corrected chi connectivity index (χ1v) is 7.83. The zero-order valence-corrected chi connectivity index (χ0v) is 12.3. The number of anilines is 1. The molecule has 0 amide bonds. The van der Waals surface area contributed by atoms with E-state index in [2.05, 4.69) is 42.3 Å². The highest BCUT2D eigenvalue weighted by Crippen LogP contribution is 2.30. The van der Waals surface area contributed by atoms with Crippen molar-refractivity contribution in [2.75, 3.05) is 18.0 Å². The van der Waals surface area contributed by atoms with Crippen LogP contribution in [-0.2, 0) is 6.42 Å². The molecule has 1 fully saturated rings. The number of hydrogen-bond acceptors (Lipinski definition) is 2. The Hall–Kier alpha value is -1.02. The van der Waals surface area contributed by atoms with Crippen molar-refractivity contribution in [3.63, 3.8) is 0 Å². The molecule has 2 nitrogen and oxygen atoms in total. The lowest BCUT2D eigenvalue weighted by Crippen LogP contribution is -2.39. The van der Waals surface area contributed by atoms with Crippen molar-refractivity contribution in [3.8, 4) is 0 Å². The average molecular weight is 258 g/mol. The van der Waals surface area contributed by atoms with E-state index in [0.29, 0.717) is 6.04 Å². The van der Waals surface area contributed by atoms with Crippen molar-refractivity contribution in [2.24, 2.45) is 0 Å². The summed E-state index contributed by atoms with van der Waals surface area (Å²) in [6, 6.07) is 8.44. The Labute approximate surface area is 117 Å². The van der Waals surface area contributed by atoms with Crippen molar-refractivity contribution in [2.45, 2.75) is 58.0 Å². The molecule has 1 atom stereocenters. The molecule has 1 aromatic carbocycles. The molecule has 1 unspecified atom stereocenters. The largest absolute Gasteiger partial charge is 0.369 e. The number of rotatable bonds is 5. The van der Waals surface area contributed by atoms with E-state index in [-0.39, 0.29) is 0 Å². The lowest BCUT2D eigenvalue weighted by molar-refractivity contribution is 0.529. The zero-order chi connectivity index (χ0) is 13.2. The van der Waals surface area contributed by atoms with E-state index in [1.807, 2.05) is 0 Å². The van der Waals surface area contributed by atoms with Crippen LogP contribution in [0.15, 0.2) is 18.2 Å². The quantitative estimate of drug-likeness (QED) is 0.872. The topological polar surface area (TPSA) is 15.3 Å². The van der Waals surface area contributed by atoms with Crippen molar-refractivity contribution in [3.05, 3.63) is 29.3 Å². The smallest absolute Gasteiger partial charge is 0.0401 e. The van der Waals surface area contributed by atoms with Crippen LogP contribution < -0.4 is 10.2 Å². The van der Waals surface area contributed by atoms with Crippen molar-refractivity contribution >= 4 is 5.69 Å². The van der Waals surface area contributed by atoms with Gasteiger partial charge in [-0.05, 0) is 64.1 Å². The zero-order valence-electron chi connectivity index (χ0n) is 12.3. The Morgan fingerprint density at radius 3 is 3.00 bits per heavy atom. The third kappa shape index (κ3) is 3.11. The molecule has 1 aliphatic heterocycles. The van der Waals surface area contributed by atoms with Crippen LogP contribution in [-0.4, -0.2) is 25.2 Å². The van der Waals surface area contributed by atoms with Gasteiger partial charge in [0.1, 0.15) is 0 Å². The van der Waals surface area contributed by atoms with E-state index in [4.69, 9.17) is 0 Å². The molecule has 0 spiro atoms. The SMILES string of the molecule is Cc1ccc2c(c1)CCCN2C(C)CCNC1CC1. The first-order valence-electron chi connectivity index (χ1n) is 7.83. The first-order chi connectivity index (χ1) is 9.24. The summed E-state index contributed by atoms with van der Waals surface area (Å²) < 4.78 is 0. The summed E-state index contributed by atoms with van der Waals surface area (Å²) in [5.41, 5.74) is 4.42. The molecule has 104 valence electrons. The number of aryl methyl sites for hydroxylation is 2. The minimum absolute atomic E-state index is 0.646. The summed E-state index contributed by atoms with van der Waals surface area (Å²) in [6.45, 7) is 6.97. The van der Waals surface area contributed by atoms with Gasteiger partial charge in [-0.1, -0.05) is 17.7 Å². The van der Waals surface area contributed by atoms with Crippen LogP contribution >= 0.6 is 0 Å². The van der Waals surface area contributed by atoms with E-state index in [9.17, 15) is 0 Å². The Bertz CT molecular complexity index is 437. The molecule has 1 heterocycles. The van der Waals surface area contributed by atoms with Gasteiger partial charge in [-0.2, -0.15) is 0 Å². The second-order valence-electron chi connectivity index (χ2n) is 6.30. The first kappa shape index (κ1) is 13.0. The third-order valence-corrected chi connectivity index (χ3v) is 4.49. The second kappa shape index (κ2) is 5.54. The predicted molar refractivity (Wildman–Crippen MR) is 81.9 cm³/mol. The van der Waals surface area contributed by atoms with Gasteiger partial charge in [0.15, 0.2) is 0 Å². The van der Waals surface area contributed by atoms with Crippen LogP contribution in [0.1, 0.15) is 43.7 Å². The fourth-order valence-electron chi connectivity index (χ4n) is 3.15. The maximum atomic E-state index is 3.63. The summed E-state index contributed by atoms with van der Waals surface area (Å²) in [4.78, 5) is 2.62. The van der Waals surface area contributed by atoms with E-state index in [1.54, 1.807) is 5.56 Å². The van der Waals surface area contributed by atoms with Gasteiger partial charge in [-0.15, -0.1) is 0 Å². The molecule has 0 saturated heterocycles. The summed E-state index contributed by atoms with van der Waals surface area (Å²) in [5, 5.41) is 3.63. The highest BCUT2D eigenvalue weighted by molar-refractivity contribution is 5.57. The van der Waals surface area contributed by atoms with Crippen LogP contribution in [0.4, 0.5) is 5.69 Å². The summed E-state index contributed by atoms with van der Waals surface area (Å²) in [5.74, 6) is 0. The molecule has 1 aromatic rings. The molecule has 0 radical (unpaired) electrons. The highest BCUT2D eigenvalue weighted by atomic mass is 15.2. The van der Waals surface area contributed by atoms with Crippen LogP contribution in [0.5, 0.6) is 0 Å². The Kier molecular flexibility index (Phi) is 3.79. The van der Waals surface area contributed by atoms with Crippen LogP contribution in [0, 0.1) is 6.92 Å². The Balaban J connectivity index is 1.64. The van der Waals surface area contributed by atoms with Gasteiger partial charge in [-0.25, -0.2) is 0 Å². The maximum Gasteiger partial charge on any atom is 0.0401 e. The third-order valence-electron chi connectivity index (χ3n) is 4.49. The van der Waals surface area contributed by atoms with Gasteiger partial charge in [0, 0.05) is 24.3 Å². The van der Waals surface area contributed by atoms with Gasteiger partial charge in [0.2, 0.25) is 0 Å². The van der Waals surface area contributed by atoms with E-state index >= 15 is 0 Å². The summed E-state index contributed by atoms with van der Waals surface area (Å²) in [6.07, 6.45) is 6.58. The second-order valence-corrected chi connectivity index (χ2v) is 6.30. The molecular formula is C17H26N2. The molecule has 1 N–H and O–H groups in total. The van der Waals surface area contributed by atoms with E-state index in [0.717, 1.165) is 6.04 Å². The number of nitrogens with one attached hydrogen (secondary N) is 1. The van der Waals surface area contributed by atoms with E-state index in [1.165, 1.54) is 56.4 Å². The Morgan fingerprint density at radius 1 is 1.37 bits per heavy atom. The maximum absolute atomic E-state index is 3.63. The summed E-state index contributed by atoms with van der Waals surface area (Å²) in [7, 11) is 0. The van der Waals surface area contributed by atoms with Gasteiger partial charge >= 0.3 is 0 Å². The highest BCUT2D eigenvalue weighted by Gasteiger charge is 2.23.